The van der Waals surface area contributed by atoms with Crippen LogP contribution in [-0.2, 0) is 6.61 Å². The molecule has 2 heterocycles. The molecule has 3 aromatic rings. The van der Waals surface area contributed by atoms with Crippen LogP contribution in [0, 0.1) is 13.8 Å². The summed E-state index contributed by atoms with van der Waals surface area (Å²) in [5.74, 6) is 1.26. The van der Waals surface area contributed by atoms with E-state index >= 15 is 0 Å². The molecule has 1 aliphatic rings. The van der Waals surface area contributed by atoms with Crippen LogP contribution in [0.1, 0.15) is 33.7 Å². The number of fused-ring (bicyclic) bond motifs is 1. The molecule has 140 valence electrons. The summed E-state index contributed by atoms with van der Waals surface area (Å²) in [5, 5.41) is 7.15. The van der Waals surface area contributed by atoms with E-state index in [4.69, 9.17) is 9.15 Å². The summed E-state index contributed by atoms with van der Waals surface area (Å²) in [5.41, 5.74) is 3.63. The fourth-order valence-corrected chi connectivity index (χ4v) is 3.46. The van der Waals surface area contributed by atoms with Crippen LogP contribution in [0.15, 0.2) is 46.9 Å². The third kappa shape index (κ3) is 3.83. The summed E-state index contributed by atoms with van der Waals surface area (Å²) in [6, 6.07) is 14.1. The molecule has 5 nitrogen and oxygen atoms in total. The van der Waals surface area contributed by atoms with Gasteiger partial charge in [-0.15, -0.1) is 0 Å². The maximum Gasteiger partial charge on any atom is 0.255 e. The molecule has 4 rings (SSSR count). The molecule has 1 unspecified atom stereocenters. The first kappa shape index (κ1) is 17.6. The summed E-state index contributed by atoms with van der Waals surface area (Å²) < 4.78 is 11.7. The molecule has 0 aliphatic carbocycles. The minimum absolute atomic E-state index is 0.0874. The topological polar surface area (TPSA) is 63.5 Å². The van der Waals surface area contributed by atoms with Gasteiger partial charge in [-0.2, -0.15) is 0 Å². The molecule has 5 heteroatoms. The highest BCUT2D eigenvalue weighted by atomic mass is 16.5. The molecule has 2 aromatic carbocycles. The number of amides is 1. The summed E-state index contributed by atoms with van der Waals surface area (Å²) in [6.07, 6.45) is 0.950. The number of carbonyl (C=O) groups excluding carboxylic acids is 1. The Morgan fingerprint density at radius 3 is 2.78 bits per heavy atom. The van der Waals surface area contributed by atoms with Gasteiger partial charge in [0, 0.05) is 18.0 Å². The molecular weight excluding hydrogens is 340 g/mol. The average Bonchev–Trinajstić information content (AvgIpc) is 3.27. The van der Waals surface area contributed by atoms with Crippen molar-refractivity contribution >= 4 is 16.9 Å². The van der Waals surface area contributed by atoms with Gasteiger partial charge in [0.05, 0.1) is 5.56 Å². The molecule has 0 radical (unpaired) electrons. The maximum absolute atomic E-state index is 12.8. The van der Waals surface area contributed by atoms with E-state index in [0.29, 0.717) is 23.5 Å². The number of hydrogen-bond donors (Lipinski definition) is 2. The first-order chi connectivity index (χ1) is 13.1. The average molecular weight is 364 g/mol. The third-order valence-electron chi connectivity index (χ3n) is 4.98. The van der Waals surface area contributed by atoms with Gasteiger partial charge in [0.1, 0.15) is 23.7 Å². The zero-order chi connectivity index (χ0) is 18.8. The zero-order valence-electron chi connectivity index (χ0n) is 15.7. The van der Waals surface area contributed by atoms with E-state index in [9.17, 15) is 4.79 Å². The molecule has 1 atom stereocenters. The Balaban J connectivity index is 1.55. The number of nitrogens with one attached hydrogen (secondary N) is 2. The zero-order valence-corrected chi connectivity index (χ0v) is 15.7. The molecule has 1 aliphatic heterocycles. The van der Waals surface area contributed by atoms with Gasteiger partial charge in [-0.3, -0.25) is 4.79 Å². The van der Waals surface area contributed by atoms with Crippen molar-refractivity contribution in [1.82, 2.24) is 10.6 Å². The monoisotopic (exact) mass is 364 g/mol. The van der Waals surface area contributed by atoms with Crippen molar-refractivity contribution in [3.05, 3.63) is 64.9 Å². The normalized spacial score (nSPS) is 16.6. The Morgan fingerprint density at radius 2 is 2.04 bits per heavy atom. The fraction of sp³-hybridized carbons (Fsp3) is 0.318. The Labute approximate surface area is 158 Å². The van der Waals surface area contributed by atoms with E-state index in [1.165, 1.54) is 5.56 Å². The van der Waals surface area contributed by atoms with Gasteiger partial charge in [0.2, 0.25) is 0 Å². The lowest BCUT2D eigenvalue weighted by molar-refractivity contribution is 0.0940. The van der Waals surface area contributed by atoms with Crippen LogP contribution in [0.3, 0.4) is 0 Å². The van der Waals surface area contributed by atoms with Gasteiger partial charge < -0.3 is 19.8 Å². The highest BCUT2D eigenvalue weighted by molar-refractivity contribution is 6.07. The predicted octanol–water partition coefficient (Wildman–Crippen LogP) is 3.72. The minimum Gasteiger partial charge on any atom is -0.489 e. The van der Waals surface area contributed by atoms with E-state index in [1.54, 1.807) is 0 Å². The second kappa shape index (κ2) is 7.45. The van der Waals surface area contributed by atoms with Crippen molar-refractivity contribution < 1.29 is 13.9 Å². The molecule has 1 aromatic heterocycles. The first-order valence-corrected chi connectivity index (χ1v) is 9.33. The second-order valence-corrected chi connectivity index (χ2v) is 7.13. The van der Waals surface area contributed by atoms with E-state index < -0.39 is 0 Å². The molecule has 1 amide bonds. The number of carbonyl (C=O) groups is 1. The third-order valence-corrected chi connectivity index (χ3v) is 4.98. The van der Waals surface area contributed by atoms with Gasteiger partial charge in [0.15, 0.2) is 0 Å². The van der Waals surface area contributed by atoms with Gasteiger partial charge in [-0.1, -0.05) is 29.8 Å². The fourth-order valence-electron chi connectivity index (χ4n) is 3.46. The molecule has 0 spiro atoms. The molecule has 1 fully saturated rings. The Morgan fingerprint density at radius 1 is 1.22 bits per heavy atom. The lowest BCUT2D eigenvalue weighted by atomic mass is 10.1. The molecule has 1 saturated heterocycles. The van der Waals surface area contributed by atoms with Crippen LogP contribution in [0.5, 0.6) is 5.75 Å². The van der Waals surface area contributed by atoms with E-state index in [1.807, 2.05) is 25.1 Å². The van der Waals surface area contributed by atoms with Crippen molar-refractivity contribution in [3.8, 4) is 5.75 Å². The van der Waals surface area contributed by atoms with Crippen molar-refractivity contribution in [3.63, 3.8) is 0 Å². The highest BCUT2D eigenvalue weighted by Gasteiger charge is 2.23. The standard InChI is InChI=1S/C22H24N2O3/c1-14-3-5-16(6-4-14)13-26-18-7-8-20-19(11-18)21(15(2)27-20)22(25)24-17-9-10-23-12-17/h3-8,11,17,23H,9-10,12-13H2,1-2H3,(H,24,25). The summed E-state index contributed by atoms with van der Waals surface area (Å²) in [6.45, 7) is 6.12. The van der Waals surface area contributed by atoms with Crippen LogP contribution < -0.4 is 15.4 Å². The lowest BCUT2D eigenvalue weighted by Gasteiger charge is -2.11. The number of rotatable bonds is 5. The van der Waals surface area contributed by atoms with Crippen LogP contribution in [0.2, 0.25) is 0 Å². The van der Waals surface area contributed by atoms with Crippen molar-refractivity contribution in [2.24, 2.45) is 0 Å². The molecular formula is C22H24N2O3. The van der Waals surface area contributed by atoms with Gasteiger partial charge in [0.25, 0.3) is 5.91 Å². The van der Waals surface area contributed by atoms with Crippen LogP contribution in [0.25, 0.3) is 11.0 Å². The molecule has 0 saturated carbocycles. The van der Waals surface area contributed by atoms with Crippen molar-refractivity contribution in [1.29, 1.82) is 0 Å². The van der Waals surface area contributed by atoms with Crippen LogP contribution in [-0.4, -0.2) is 25.0 Å². The smallest absolute Gasteiger partial charge is 0.255 e. The number of hydrogen-bond acceptors (Lipinski definition) is 4. The van der Waals surface area contributed by atoms with Crippen molar-refractivity contribution in [2.45, 2.75) is 32.9 Å². The Kier molecular flexibility index (Phi) is 4.86. The highest BCUT2D eigenvalue weighted by Crippen LogP contribution is 2.29. The second-order valence-electron chi connectivity index (χ2n) is 7.13. The number of benzene rings is 2. The number of aryl methyl sites for hydroxylation is 2. The maximum atomic E-state index is 12.8. The summed E-state index contributed by atoms with van der Waals surface area (Å²) in [7, 11) is 0. The minimum atomic E-state index is -0.0874. The van der Waals surface area contributed by atoms with Gasteiger partial charge >= 0.3 is 0 Å². The molecule has 27 heavy (non-hydrogen) atoms. The quantitative estimate of drug-likeness (QED) is 0.724. The first-order valence-electron chi connectivity index (χ1n) is 9.33. The van der Waals surface area contributed by atoms with E-state index in [0.717, 1.165) is 36.2 Å². The summed E-state index contributed by atoms with van der Waals surface area (Å²) >= 11 is 0. The lowest BCUT2D eigenvalue weighted by Crippen LogP contribution is -2.36. The van der Waals surface area contributed by atoms with Crippen molar-refractivity contribution in [2.75, 3.05) is 13.1 Å². The summed E-state index contributed by atoms with van der Waals surface area (Å²) in [4.78, 5) is 12.8. The van der Waals surface area contributed by atoms with Gasteiger partial charge in [-0.25, -0.2) is 0 Å². The Hall–Kier alpha value is -2.79. The predicted molar refractivity (Wildman–Crippen MR) is 105 cm³/mol. The molecule has 0 bridgehead atoms. The SMILES string of the molecule is Cc1ccc(COc2ccc3oc(C)c(C(=O)NC4CCNC4)c3c2)cc1. The number of furan rings is 1. The van der Waals surface area contributed by atoms with Gasteiger partial charge in [-0.05, 0) is 50.6 Å². The van der Waals surface area contributed by atoms with E-state index in [-0.39, 0.29) is 11.9 Å². The molecule has 2 N–H and O–H groups in total. The van der Waals surface area contributed by atoms with E-state index in [2.05, 4.69) is 41.8 Å². The Bertz CT molecular complexity index is 954. The van der Waals surface area contributed by atoms with Crippen LogP contribution >= 0.6 is 0 Å². The number of ether oxygens (including phenoxy) is 1. The largest absolute Gasteiger partial charge is 0.489 e. The van der Waals surface area contributed by atoms with Crippen LogP contribution in [0.4, 0.5) is 0 Å².